The van der Waals surface area contributed by atoms with Gasteiger partial charge in [-0.2, -0.15) is 11.8 Å². The lowest BCUT2D eigenvalue weighted by molar-refractivity contribution is 0.348. The number of nitrogens with one attached hydrogen (secondary N) is 2. The fraction of sp³-hybridized carbons (Fsp3) is 1.00. The first-order valence-corrected chi connectivity index (χ1v) is 6.62. The van der Waals surface area contributed by atoms with Gasteiger partial charge in [-0.3, -0.25) is 0 Å². The highest BCUT2D eigenvalue weighted by molar-refractivity contribution is 8.00. The summed E-state index contributed by atoms with van der Waals surface area (Å²) in [5, 5.41) is 7.09. The molecule has 0 radical (unpaired) electrons. The Balaban J connectivity index is 1.50. The van der Waals surface area contributed by atoms with E-state index in [9.17, 15) is 0 Å². The second-order valence-corrected chi connectivity index (χ2v) is 5.26. The molecule has 76 valence electrons. The Bertz CT molecular complexity index is 142. The van der Waals surface area contributed by atoms with Crippen molar-refractivity contribution < 1.29 is 0 Å². The van der Waals surface area contributed by atoms with Crippen LogP contribution in [0.15, 0.2) is 0 Å². The Hall–Kier alpha value is 0.270. The van der Waals surface area contributed by atoms with Gasteiger partial charge in [0, 0.05) is 17.5 Å². The summed E-state index contributed by atoms with van der Waals surface area (Å²) in [4.78, 5) is 0. The molecular weight excluding hydrogens is 180 g/mol. The molecule has 0 aromatic heterocycles. The number of thioether (sulfide) groups is 1. The van der Waals surface area contributed by atoms with Crippen LogP contribution in [0, 0.1) is 5.92 Å². The molecule has 2 N–H and O–H groups in total. The molecule has 0 aromatic carbocycles. The average Bonchev–Trinajstić information content (AvgIpc) is 2.11. The smallest absolute Gasteiger partial charge is 0.0248 e. The maximum atomic E-state index is 3.62. The van der Waals surface area contributed by atoms with Crippen molar-refractivity contribution in [1.29, 1.82) is 0 Å². The molecule has 2 heterocycles. The molecule has 0 spiro atoms. The molecule has 3 heteroatoms. The van der Waals surface area contributed by atoms with Crippen molar-refractivity contribution in [3.63, 3.8) is 0 Å². The largest absolute Gasteiger partial charge is 0.316 e. The Morgan fingerprint density at radius 1 is 1.38 bits per heavy atom. The first kappa shape index (κ1) is 9.81. The van der Waals surface area contributed by atoms with E-state index in [2.05, 4.69) is 22.4 Å². The molecule has 1 atom stereocenters. The third-order valence-electron chi connectivity index (χ3n) is 3.02. The molecule has 13 heavy (non-hydrogen) atoms. The fourth-order valence-corrected chi connectivity index (χ4v) is 2.72. The molecule has 0 saturated carbocycles. The van der Waals surface area contributed by atoms with Crippen LogP contribution in [0.4, 0.5) is 0 Å². The van der Waals surface area contributed by atoms with Crippen LogP contribution in [0.2, 0.25) is 0 Å². The van der Waals surface area contributed by atoms with Gasteiger partial charge >= 0.3 is 0 Å². The number of piperidine rings is 1. The Morgan fingerprint density at radius 2 is 2.31 bits per heavy atom. The van der Waals surface area contributed by atoms with Crippen molar-refractivity contribution in [2.24, 2.45) is 5.92 Å². The predicted molar refractivity (Wildman–Crippen MR) is 59.3 cm³/mol. The molecule has 2 saturated heterocycles. The van der Waals surface area contributed by atoms with Crippen LogP contribution in [0.3, 0.4) is 0 Å². The second kappa shape index (κ2) is 5.23. The van der Waals surface area contributed by atoms with Gasteiger partial charge < -0.3 is 10.6 Å². The minimum atomic E-state index is 0.835. The summed E-state index contributed by atoms with van der Waals surface area (Å²) in [6.07, 6.45) is 4.19. The van der Waals surface area contributed by atoms with Crippen molar-refractivity contribution in [3.05, 3.63) is 0 Å². The van der Waals surface area contributed by atoms with Gasteiger partial charge in [-0.05, 0) is 44.8 Å². The first-order valence-electron chi connectivity index (χ1n) is 5.47. The molecule has 2 nitrogen and oxygen atoms in total. The standard InChI is InChI=1S/C10H20N2S/c1-2-9(6-11-4-1)3-5-12-10-7-13-8-10/h9-12H,1-8H2. The summed E-state index contributed by atoms with van der Waals surface area (Å²) in [5.41, 5.74) is 0. The van der Waals surface area contributed by atoms with Crippen molar-refractivity contribution in [1.82, 2.24) is 10.6 Å². The summed E-state index contributed by atoms with van der Waals surface area (Å²) < 4.78 is 0. The SMILES string of the molecule is C1CNCC(CCNC2CSC2)C1. The highest BCUT2D eigenvalue weighted by atomic mass is 32.2. The molecule has 0 aliphatic carbocycles. The zero-order chi connectivity index (χ0) is 8.93. The predicted octanol–water partition coefficient (Wildman–Crippen LogP) is 1.08. The maximum Gasteiger partial charge on any atom is 0.0248 e. The van der Waals surface area contributed by atoms with Gasteiger partial charge in [0.15, 0.2) is 0 Å². The third kappa shape index (κ3) is 3.15. The Morgan fingerprint density at radius 3 is 2.92 bits per heavy atom. The Labute approximate surface area is 85.2 Å². The van der Waals surface area contributed by atoms with E-state index in [0.29, 0.717) is 0 Å². The minimum Gasteiger partial charge on any atom is -0.316 e. The van der Waals surface area contributed by atoms with Crippen LogP contribution in [-0.4, -0.2) is 37.2 Å². The Kier molecular flexibility index (Phi) is 3.94. The van der Waals surface area contributed by atoms with Gasteiger partial charge in [0.05, 0.1) is 0 Å². The van der Waals surface area contributed by atoms with Gasteiger partial charge in [0.25, 0.3) is 0 Å². The van der Waals surface area contributed by atoms with E-state index in [1.54, 1.807) is 0 Å². The van der Waals surface area contributed by atoms with E-state index in [0.717, 1.165) is 12.0 Å². The summed E-state index contributed by atoms with van der Waals surface area (Å²) in [6.45, 7) is 3.72. The second-order valence-electron chi connectivity index (χ2n) is 4.19. The minimum absolute atomic E-state index is 0.835. The average molecular weight is 200 g/mol. The van der Waals surface area contributed by atoms with Crippen molar-refractivity contribution in [3.8, 4) is 0 Å². The number of hydrogen-bond donors (Lipinski definition) is 2. The molecule has 0 aromatic rings. The van der Waals surface area contributed by atoms with Gasteiger partial charge in [-0.15, -0.1) is 0 Å². The highest BCUT2D eigenvalue weighted by Gasteiger charge is 2.18. The lowest BCUT2D eigenvalue weighted by Crippen LogP contribution is -2.42. The topological polar surface area (TPSA) is 24.1 Å². The van der Waals surface area contributed by atoms with E-state index in [4.69, 9.17) is 0 Å². The van der Waals surface area contributed by atoms with Crippen molar-refractivity contribution in [2.45, 2.75) is 25.3 Å². The zero-order valence-electron chi connectivity index (χ0n) is 8.22. The van der Waals surface area contributed by atoms with Crippen LogP contribution in [0.5, 0.6) is 0 Å². The van der Waals surface area contributed by atoms with Crippen LogP contribution in [0.25, 0.3) is 0 Å². The normalized spacial score (nSPS) is 30.0. The fourth-order valence-electron chi connectivity index (χ4n) is 2.02. The molecule has 2 rings (SSSR count). The highest BCUT2D eigenvalue weighted by Crippen LogP contribution is 2.18. The zero-order valence-corrected chi connectivity index (χ0v) is 9.04. The summed E-state index contributed by atoms with van der Waals surface area (Å²) in [7, 11) is 0. The molecular formula is C10H20N2S. The molecule has 0 bridgehead atoms. The first-order chi connectivity index (χ1) is 6.45. The molecule has 1 unspecified atom stereocenters. The van der Waals surface area contributed by atoms with E-state index in [1.165, 1.54) is 50.4 Å². The lowest BCUT2D eigenvalue weighted by atomic mass is 9.96. The maximum absolute atomic E-state index is 3.62. The van der Waals surface area contributed by atoms with E-state index in [-0.39, 0.29) is 0 Å². The summed E-state index contributed by atoms with van der Waals surface area (Å²) in [5.74, 6) is 3.61. The third-order valence-corrected chi connectivity index (χ3v) is 4.30. The van der Waals surface area contributed by atoms with E-state index in [1.807, 2.05) is 0 Å². The van der Waals surface area contributed by atoms with E-state index >= 15 is 0 Å². The monoisotopic (exact) mass is 200 g/mol. The molecule has 2 fully saturated rings. The van der Waals surface area contributed by atoms with Gasteiger partial charge in [0.2, 0.25) is 0 Å². The quantitative estimate of drug-likeness (QED) is 0.710. The lowest BCUT2D eigenvalue weighted by Gasteiger charge is -2.28. The summed E-state index contributed by atoms with van der Waals surface area (Å²) in [6, 6.07) is 0.835. The van der Waals surface area contributed by atoms with Crippen molar-refractivity contribution >= 4 is 11.8 Å². The molecule has 2 aliphatic rings. The molecule has 0 amide bonds. The van der Waals surface area contributed by atoms with Crippen LogP contribution in [-0.2, 0) is 0 Å². The number of hydrogen-bond acceptors (Lipinski definition) is 3. The van der Waals surface area contributed by atoms with E-state index < -0.39 is 0 Å². The van der Waals surface area contributed by atoms with Crippen LogP contribution < -0.4 is 10.6 Å². The summed E-state index contributed by atoms with van der Waals surface area (Å²) >= 11 is 2.06. The number of rotatable bonds is 4. The molecule has 2 aliphatic heterocycles. The van der Waals surface area contributed by atoms with Gasteiger partial charge in [-0.25, -0.2) is 0 Å². The van der Waals surface area contributed by atoms with Crippen LogP contribution in [0.1, 0.15) is 19.3 Å². The van der Waals surface area contributed by atoms with Crippen molar-refractivity contribution in [2.75, 3.05) is 31.1 Å². The van der Waals surface area contributed by atoms with Gasteiger partial charge in [-0.1, -0.05) is 0 Å². The van der Waals surface area contributed by atoms with Gasteiger partial charge in [0.1, 0.15) is 0 Å². The van der Waals surface area contributed by atoms with Crippen LogP contribution >= 0.6 is 11.8 Å².